The number of rotatable bonds is 5. The van der Waals surface area contributed by atoms with Gasteiger partial charge in [-0.25, -0.2) is 4.39 Å². The molecule has 2 atom stereocenters. The summed E-state index contributed by atoms with van der Waals surface area (Å²) in [4.78, 5) is 26.0. The minimum absolute atomic E-state index is 0.0140. The predicted molar refractivity (Wildman–Crippen MR) is 144 cm³/mol. The molecule has 5 rings (SSSR count). The Balaban J connectivity index is 1.80. The number of nitrogens with zero attached hydrogens (tertiary/aromatic N) is 2. The van der Waals surface area contributed by atoms with E-state index in [1.54, 1.807) is 31.2 Å². The molecule has 2 heterocycles. The van der Waals surface area contributed by atoms with E-state index in [0.717, 1.165) is 9.65 Å². The zero-order valence-corrected chi connectivity index (χ0v) is 22.7. The maximum absolute atomic E-state index is 13.7. The Kier molecular flexibility index (Phi) is 6.44. The van der Waals surface area contributed by atoms with Gasteiger partial charge in [0.25, 0.3) is 15.9 Å². The SMILES string of the molecule is Cc1ccc(S(=O)(=O)n2nc(C)c3c(C(N)=O)c(Br)c(C4C(=O)C=CN[C@@H]4c4ccc(F)cc4)cc32)cc1. The lowest BCUT2D eigenvalue weighted by atomic mass is 9.81. The van der Waals surface area contributed by atoms with Gasteiger partial charge in [0.15, 0.2) is 5.78 Å². The van der Waals surface area contributed by atoms with E-state index in [1.807, 2.05) is 6.92 Å². The third-order valence-electron chi connectivity index (χ3n) is 6.60. The van der Waals surface area contributed by atoms with Crippen molar-refractivity contribution >= 4 is 48.5 Å². The first kappa shape index (κ1) is 25.8. The molecule has 1 amide bonds. The fourth-order valence-electron chi connectivity index (χ4n) is 4.76. The molecule has 0 saturated heterocycles. The van der Waals surface area contributed by atoms with Crippen LogP contribution in [0.3, 0.4) is 0 Å². The summed E-state index contributed by atoms with van der Waals surface area (Å²) >= 11 is 3.47. The van der Waals surface area contributed by atoms with E-state index in [9.17, 15) is 22.4 Å². The van der Waals surface area contributed by atoms with Gasteiger partial charge in [-0.05, 0) is 77.3 Å². The van der Waals surface area contributed by atoms with Crippen LogP contribution in [0.5, 0.6) is 0 Å². The Morgan fingerprint density at radius 3 is 2.39 bits per heavy atom. The van der Waals surface area contributed by atoms with Gasteiger partial charge in [-0.3, -0.25) is 9.59 Å². The van der Waals surface area contributed by atoms with Crippen LogP contribution in [-0.2, 0) is 14.8 Å². The van der Waals surface area contributed by atoms with Gasteiger partial charge < -0.3 is 11.1 Å². The third-order valence-corrected chi connectivity index (χ3v) is 9.06. The lowest BCUT2D eigenvalue weighted by molar-refractivity contribution is -0.117. The van der Waals surface area contributed by atoms with E-state index in [0.29, 0.717) is 11.1 Å². The molecule has 0 radical (unpaired) electrons. The average Bonchev–Trinajstić information content (AvgIpc) is 3.21. The smallest absolute Gasteiger partial charge is 0.283 e. The Labute approximate surface area is 226 Å². The number of fused-ring (bicyclic) bond motifs is 1. The lowest BCUT2D eigenvalue weighted by Crippen LogP contribution is -2.32. The third kappa shape index (κ3) is 4.21. The van der Waals surface area contributed by atoms with Crippen LogP contribution in [0.15, 0.2) is 76.2 Å². The van der Waals surface area contributed by atoms with Crippen molar-refractivity contribution in [2.75, 3.05) is 0 Å². The minimum Gasteiger partial charge on any atom is -0.383 e. The number of carbonyl (C=O) groups is 2. The van der Waals surface area contributed by atoms with Crippen molar-refractivity contribution in [3.63, 3.8) is 0 Å². The van der Waals surface area contributed by atoms with Gasteiger partial charge >= 0.3 is 0 Å². The van der Waals surface area contributed by atoms with Gasteiger partial charge in [-0.1, -0.05) is 29.8 Å². The molecular weight excluding hydrogens is 575 g/mol. The molecule has 1 unspecified atom stereocenters. The van der Waals surface area contributed by atoms with Crippen molar-refractivity contribution in [1.29, 1.82) is 0 Å². The van der Waals surface area contributed by atoms with Crippen LogP contribution in [0.25, 0.3) is 10.9 Å². The Morgan fingerprint density at radius 1 is 1.11 bits per heavy atom. The number of nitrogens with one attached hydrogen (secondary N) is 1. The summed E-state index contributed by atoms with van der Waals surface area (Å²) in [5, 5.41) is 7.68. The molecular formula is C27H22BrFN4O4S. The van der Waals surface area contributed by atoms with Gasteiger partial charge in [-0.2, -0.15) is 17.6 Å². The Bertz CT molecular complexity index is 1750. The molecule has 3 N–H and O–H groups in total. The van der Waals surface area contributed by atoms with Crippen LogP contribution < -0.4 is 11.1 Å². The monoisotopic (exact) mass is 596 g/mol. The quantitative estimate of drug-likeness (QED) is 0.352. The number of allylic oxidation sites excluding steroid dienone is 1. The molecule has 0 aliphatic carbocycles. The van der Waals surface area contributed by atoms with Gasteiger partial charge in [0.1, 0.15) is 5.82 Å². The molecule has 3 aromatic carbocycles. The van der Waals surface area contributed by atoms with Crippen molar-refractivity contribution in [3.8, 4) is 0 Å². The number of aromatic nitrogens is 2. The van der Waals surface area contributed by atoms with Crippen LogP contribution in [0.4, 0.5) is 4.39 Å². The van der Waals surface area contributed by atoms with Crippen molar-refractivity contribution in [1.82, 2.24) is 14.5 Å². The largest absolute Gasteiger partial charge is 0.383 e. The fraction of sp³-hybridized carbons (Fsp3) is 0.148. The van der Waals surface area contributed by atoms with Gasteiger partial charge in [0.05, 0.1) is 33.6 Å². The van der Waals surface area contributed by atoms with E-state index < -0.39 is 33.7 Å². The van der Waals surface area contributed by atoms with Gasteiger partial charge in [0, 0.05) is 16.1 Å². The van der Waals surface area contributed by atoms with Gasteiger partial charge in [0.2, 0.25) is 0 Å². The van der Waals surface area contributed by atoms with Crippen molar-refractivity contribution in [2.45, 2.75) is 30.7 Å². The van der Waals surface area contributed by atoms with E-state index in [-0.39, 0.29) is 37.3 Å². The molecule has 194 valence electrons. The first-order valence-electron chi connectivity index (χ1n) is 11.6. The maximum atomic E-state index is 13.7. The van der Waals surface area contributed by atoms with E-state index in [2.05, 4.69) is 26.3 Å². The first-order chi connectivity index (χ1) is 18.0. The van der Waals surface area contributed by atoms with E-state index in [1.165, 1.54) is 42.6 Å². The number of halogens is 2. The number of carbonyl (C=O) groups excluding carboxylic acids is 2. The zero-order valence-electron chi connectivity index (χ0n) is 20.3. The second-order valence-electron chi connectivity index (χ2n) is 9.07. The molecule has 1 aliphatic heterocycles. The second-order valence-corrected chi connectivity index (χ2v) is 11.6. The second kappa shape index (κ2) is 9.48. The number of benzene rings is 3. The molecule has 8 nitrogen and oxygen atoms in total. The minimum atomic E-state index is -4.17. The van der Waals surface area contributed by atoms with E-state index >= 15 is 0 Å². The van der Waals surface area contributed by atoms with Crippen LogP contribution in [-0.4, -0.2) is 29.3 Å². The summed E-state index contributed by atoms with van der Waals surface area (Å²) in [5.41, 5.74) is 8.02. The molecule has 1 aliphatic rings. The molecule has 38 heavy (non-hydrogen) atoms. The maximum Gasteiger partial charge on any atom is 0.283 e. The standard InChI is InChI=1S/C27H22BrFN4O4S/c1-14-3-9-18(10-4-14)38(36,37)33-20-13-19(25(28)24(27(30)35)22(20)15(2)32-33)23-21(34)11-12-31-26(23)16-5-7-17(29)8-6-16/h3-13,23,26,31H,1-2H3,(H2,30,35)/t23?,26-/m1/s1. The van der Waals surface area contributed by atoms with Gasteiger partial charge in [-0.15, -0.1) is 0 Å². The highest BCUT2D eigenvalue weighted by atomic mass is 79.9. The fourth-order valence-corrected chi connectivity index (χ4v) is 6.83. The highest BCUT2D eigenvalue weighted by Crippen LogP contribution is 2.42. The van der Waals surface area contributed by atoms with Crippen LogP contribution in [0.1, 0.15) is 44.7 Å². The average molecular weight is 597 g/mol. The van der Waals surface area contributed by atoms with Crippen molar-refractivity contribution in [3.05, 3.63) is 105 Å². The topological polar surface area (TPSA) is 124 Å². The summed E-state index contributed by atoms with van der Waals surface area (Å²) in [6.07, 6.45) is 2.86. The lowest BCUT2D eigenvalue weighted by Gasteiger charge is -2.30. The number of ketones is 1. The Hall–Kier alpha value is -3.83. The van der Waals surface area contributed by atoms with Crippen LogP contribution >= 0.6 is 15.9 Å². The Morgan fingerprint density at radius 2 is 1.76 bits per heavy atom. The number of primary amides is 1. The molecule has 0 spiro atoms. The molecule has 0 fully saturated rings. The summed E-state index contributed by atoms with van der Waals surface area (Å²) in [6, 6.07) is 12.9. The number of hydrogen-bond donors (Lipinski definition) is 2. The summed E-state index contributed by atoms with van der Waals surface area (Å²) in [7, 11) is -4.17. The normalized spacial score (nSPS) is 17.5. The van der Waals surface area contributed by atoms with E-state index in [4.69, 9.17) is 5.73 Å². The molecule has 1 aromatic heterocycles. The van der Waals surface area contributed by atoms with Crippen molar-refractivity contribution < 1.29 is 22.4 Å². The number of aryl methyl sites for hydroxylation is 2. The first-order valence-corrected chi connectivity index (χ1v) is 13.8. The summed E-state index contributed by atoms with van der Waals surface area (Å²) in [5.74, 6) is -2.43. The number of nitrogens with two attached hydrogens (primary N) is 1. The number of hydrogen-bond acceptors (Lipinski definition) is 6. The number of amides is 1. The molecule has 0 bridgehead atoms. The molecule has 4 aromatic rings. The molecule has 0 saturated carbocycles. The molecule has 11 heteroatoms. The summed E-state index contributed by atoms with van der Waals surface area (Å²) < 4.78 is 42.1. The predicted octanol–water partition coefficient (Wildman–Crippen LogP) is 4.40. The summed E-state index contributed by atoms with van der Waals surface area (Å²) in [6.45, 7) is 3.42. The van der Waals surface area contributed by atoms with Crippen molar-refractivity contribution in [2.24, 2.45) is 5.73 Å². The van der Waals surface area contributed by atoms with Crippen LogP contribution in [0, 0.1) is 19.7 Å². The zero-order chi connectivity index (χ0) is 27.4. The highest BCUT2D eigenvalue weighted by Gasteiger charge is 2.36. The highest BCUT2D eigenvalue weighted by molar-refractivity contribution is 9.10. The van der Waals surface area contributed by atoms with Crippen LogP contribution in [0.2, 0.25) is 0 Å².